The van der Waals surface area contributed by atoms with Crippen molar-refractivity contribution in [1.82, 2.24) is 15.3 Å². The first-order chi connectivity index (χ1) is 10.5. The highest BCUT2D eigenvalue weighted by Gasteiger charge is 2.09. The molecule has 116 valence electrons. The second-order valence-electron chi connectivity index (χ2n) is 5.48. The molecule has 0 bridgehead atoms. The van der Waals surface area contributed by atoms with Crippen LogP contribution in [0.5, 0.6) is 0 Å². The van der Waals surface area contributed by atoms with Crippen LogP contribution in [0.4, 0.5) is 17.2 Å². The molecule has 0 unspecified atom stereocenters. The highest BCUT2D eigenvalue weighted by molar-refractivity contribution is 5.92. The van der Waals surface area contributed by atoms with Gasteiger partial charge in [-0.25, -0.2) is 9.97 Å². The zero-order valence-electron chi connectivity index (χ0n) is 13.3. The Morgan fingerprint density at radius 3 is 2.27 bits per heavy atom. The fraction of sp³-hybridized carbons (Fsp3) is 0.312. The number of nitrogens with zero attached hydrogens (tertiary/aromatic N) is 3. The molecule has 0 saturated heterocycles. The quantitative estimate of drug-likeness (QED) is 0.887. The summed E-state index contributed by atoms with van der Waals surface area (Å²) in [6, 6.07) is 8.04. The fourth-order valence-corrected chi connectivity index (χ4v) is 1.84. The molecule has 6 heteroatoms. The Bertz CT molecular complexity index is 620. The highest BCUT2D eigenvalue weighted by Crippen LogP contribution is 2.18. The number of amides is 1. The Balaban J connectivity index is 2.03. The van der Waals surface area contributed by atoms with Gasteiger partial charge in [-0.3, -0.25) is 4.79 Å². The molecular weight excluding hydrogens is 278 g/mol. The molecule has 1 amide bonds. The zero-order valence-corrected chi connectivity index (χ0v) is 13.3. The van der Waals surface area contributed by atoms with Gasteiger partial charge in [-0.15, -0.1) is 0 Å². The van der Waals surface area contributed by atoms with Crippen LogP contribution in [-0.2, 0) is 0 Å². The van der Waals surface area contributed by atoms with E-state index >= 15 is 0 Å². The summed E-state index contributed by atoms with van der Waals surface area (Å²) >= 11 is 0. The predicted molar refractivity (Wildman–Crippen MR) is 88.7 cm³/mol. The summed E-state index contributed by atoms with van der Waals surface area (Å²) in [6.45, 7) is 3.80. The van der Waals surface area contributed by atoms with Crippen LogP contribution >= 0.6 is 0 Å². The predicted octanol–water partition coefficient (Wildman–Crippen LogP) is 2.42. The maximum Gasteiger partial charge on any atom is 0.271 e. The van der Waals surface area contributed by atoms with Crippen LogP contribution in [0, 0.1) is 0 Å². The average Bonchev–Trinajstić information content (AvgIpc) is 2.48. The van der Waals surface area contributed by atoms with Crippen LogP contribution in [0.25, 0.3) is 0 Å². The minimum atomic E-state index is -0.218. The van der Waals surface area contributed by atoms with Crippen LogP contribution in [-0.4, -0.2) is 36.0 Å². The summed E-state index contributed by atoms with van der Waals surface area (Å²) in [6.07, 6.45) is 3.02. The summed E-state index contributed by atoms with van der Waals surface area (Å²) in [5, 5.41) is 5.93. The van der Waals surface area contributed by atoms with Gasteiger partial charge in [0.1, 0.15) is 11.5 Å². The standard InChI is InChI=1S/C16H21N5O/c1-11(2)19-16(22)14-9-18-15(10-17-14)20-12-5-7-13(8-6-12)21(3)4/h5-11H,1-4H3,(H,18,20)(H,19,22). The van der Waals surface area contributed by atoms with Gasteiger partial charge in [0.25, 0.3) is 5.91 Å². The summed E-state index contributed by atoms with van der Waals surface area (Å²) < 4.78 is 0. The lowest BCUT2D eigenvalue weighted by Crippen LogP contribution is -2.30. The minimum absolute atomic E-state index is 0.0716. The van der Waals surface area contributed by atoms with E-state index in [1.165, 1.54) is 6.20 Å². The zero-order chi connectivity index (χ0) is 16.1. The van der Waals surface area contributed by atoms with Crippen molar-refractivity contribution < 1.29 is 4.79 Å². The lowest BCUT2D eigenvalue weighted by molar-refractivity contribution is 0.0937. The Morgan fingerprint density at radius 2 is 1.77 bits per heavy atom. The lowest BCUT2D eigenvalue weighted by Gasteiger charge is -2.13. The molecule has 22 heavy (non-hydrogen) atoms. The van der Waals surface area contributed by atoms with Crippen LogP contribution in [0.1, 0.15) is 24.3 Å². The van der Waals surface area contributed by atoms with Crippen LogP contribution in [0.2, 0.25) is 0 Å². The first-order valence-electron chi connectivity index (χ1n) is 7.13. The highest BCUT2D eigenvalue weighted by atomic mass is 16.1. The SMILES string of the molecule is CC(C)NC(=O)c1cnc(Nc2ccc(N(C)C)cc2)cn1. The van der Waals surface area contributed by atoms with Crippen molar-refractivity contribution in [3.05, 3.63) is 42.4 Å². The number of carbonyl (C=O) groups excluding carboxylic acids is 1. The van der Waals surface area contributed by atoms with E-state index in [0.29, 0.717) is 11.5 Å². The van der Waals surface area contributed by atoms with Crippen molar-refractivity contribution in [3.8, 4) is 0 Å². The molecule has 0 atom stereocenters. The number of nitrogens with one attached hydrogen (secondary N) is 2. The second kappa shape index (κ2) is 6.89. The maximum absolute atomic E-state index is 11.8. The van der Waals surface area contributed by atoms with E-state index in [1.807, 2.05) is 57.1 Å². The second-order valence-corrected chi connectivity index (χ2v) is 5.48. The minimum Gasteiger partial charge on any atom is -0.378 e. The molecule has 0 aliphatic rings. The number of carbonyl (C=O) groups is 1. The van der Waals surface area contributed by atoms with Gasteiger partial charge < -0.3 is 15.5 Å². The number of aromatic nitrogens is 2. The van der Waals surface area contributed by atoms with Gasteiger partial charge in [0.15, 0.2) is 0 Å². The average molecular weight is 299 g/mol. The molecule has 0 spiro atoms. The normalized spacial score (nSPS) is 10.4. The number of hydrogen-bond donors (Lipinski definition) is 2. The maximum atomic E-state index is 11.8. The summed E-state index contributed by atoms with van der Waals surface area (Å²) in [7, 11) is 3.99. The van der Waals surface area contributed by atoms with E-state index in [9.17, 15) is 4.79 Å². The van der Waals surface area contributed by atoms with E-state index in [1.54, 1.807) is 6.20 Å². The first-order valence-corrected chi connectivity index (χ1v) is 7.13. The molecule has 1 aromatic heterocycles. The number of anilines is 3. The van der Waals surface area contributed by atoms with Gasteiger partial charge in [0, 0.05) is 31.5 Å². The van der Waals surface area contributed by atoms with Gasteiger partial charge in [0.05, 0.1) is 12.4 Å². The lowest BCUT2D eigenvalue weighted by atomic mass is 10.2. The van der Waals surface area contributed by atoms with Gasteiger partial charge in [-0.1, -0.05) is 0 Å². The molecule has 2 rings (SSSR count). The largest absolute Gasteiger partial charge is 0.378 e. The molecule has 2 aromatic rings. The van der Waals surface area contributed by atoms with Crippen molar-refractivity contribution in [3.63, 3.8) is 0 Å². The molecule has 0 saturated carbocycles. The van der Waals surface area contributed by atoms with Gasteiger partial charge in [-0.05, 0) is 38.1 Å². The third kappa shape index (κ3) is 4.18. The van der Waals surface area contributed by atoms with Gasteiger partial charge >= 0.3 is 0 Å². The Hall–Kier alpha value is -2.63. The third-order valence-corrected chi connectivity index (χ3v) is 2.96. The van der Waals surface area contributed by atoms with Crippen LogP contribution in [0.3, 0.4) is 0 Å². The molecule has 1 aromatic carbocycles. The number of benzene rings is 1. The molecule has 0 aliphatic carbocycles. The van der Waals surface area contributed by atoms with Crippen molar-refractivity contribution in [1.29, 1.82) is 0 Å². The van der Waals surface area contributed by atoms with E-state index in [-0.39, 0.29) is 11.9 Å². The van der Waals surface area contributed by atoms with E-state index < -0.39 is 0 Å². The number of rotatable bonds is 5. The van der Waals surface area contributed by atoms with Crippen molar-refractivity contribution in [2.45, 2.75) is 19.9 Å². The molecule has 0 fully saturated rings. The molecule has 0 radical (unpaired) electrons. The van der Waals surface area contributed by atoms with Crippen molar-refractivity contribution in [2.24, 2.45) is 0 Å². The monoisotopic (exact) mass is 299 g/mol. The van der Waals surface area contributed by atoms with E-state index in [2.05, 4.69) is 20.6 Å². The molecule has 2 N–H and O–H groups in total. The molecule has 6 nitrogen and oxygen atoms in total. The third-order valence-electron chi connectivity index (χ3n) is 2.96. The van der Waals surface area contributed by atoms with Crippen LogP contribution in [0.15, 0.2) is 36.7 Å². The summed E-state index contributed by atoms with van der Waals surface area (Å²) in [5.74, 6) is 0.378. The fourth-order valence-electron chi connectivity index (χ4n) is 1.84. The summed E-state index contributed by atoms with van der Waals surface area (Å²) in [4.78, 5) is 22.2. The number of hydrogen-bond acceptors (Lipinski definition) is 5. The first kappa shape index (κ1) is 15.8. The summed E-state index contributed by atoms with van der Waals surface area (Å²) in [5.41, 5.74) is 2.35. The van der Waals surface area contributed by atoms with Crippen molar-refractivity contribution >= 4 is 23.1 Å². The molecule has 0 aliphatic heterocycles. The smallest absolute Gasteiger partial charge is 0.271 e. The Morgan fingerprint density at radius 1 is 1.09 bits per heavy atom. The van der Waals surface area contributed by atoms with E-state index in [0.717, 1.165) is 11.4 Å². The van der Waals surface area contributed by atoms with Gasteiger partial charge in [-0.2, -0.15) is 0 Å². The topological polar surface area (TPSA) is 70.2 Å². The van der Waals surface area contributed by atoms with Crippen LogP contribution < -0.4 is 15.5 Å². The van der Waals surface area contributed by atoms with Crippen molar-refractivity contribution in [2.75, 3.05) is 24.3 Å². The molecular formula is C16H21N5O. The van der Waals surface area contributed by atoms with Gasteiger partial charge in [0.2, 0.25) is 0 Å². The Labute approximate surface area is 130 Å². The van der Waals surface area contributed by atoms with E-state index in [4.69, 9.17) is 0 Å². The molecule has 1 heterocycles. The Kier molecular flexibility index (Phi) is 4.93.